The molecule has 0 atom stereocenters. The molecule has 0 radical (unpaired) electrons. The van der Waals surface area contributed by atoms with Crippen LogP contribution >= 0.6 is 0 Å². The summed E-state index contributed by atoms with van der Waals surface area (Å²) >= 11 is 0. The lowest BCUT2D eigenvalue weighted by Crippen LogP contribution is -2.41. The van der Waals surface area contributed by atoms with Gasteiger partial charge in [-0.2, -0.15) is 0 Å². The van der Waals surface area contributed by atoms with Crippen LogP contribution in [-0.4, -0.2) is 28.0 Å². The van der Waals surface area contributed by atoms with Gasteiger partial charge in [-0.25, -0.2) is 4.98 Å². The van der Waals surface area contributed by atoms with Gasteiger partial charge in [0.15, 0.2) is 5.78 Å². The number of nitrogens with zero attached hydrogens (tertiary/aromatic N) is 2. The van der Waals surface area contributed by atoms with E-state index in [1.165, 1.54) is 0 Å². The van der Waals surface area contributed by atoms with E-state index in [0.29, 0.717) is 19.3 Å². The lowest BCUT2D eigenvalue weighted by atomic mass is 9.90. The first-order valence-electron chi connectivity index (χ1n) is 6.22. The number of carbonyl (C=O) groups excluding carboxylic acids is 1. The van der Waals surface area contributed by atoms with Crippen LogP contribution in [0.5, 0.6) is 0 Å². The fourth-order valence-electron chi connectivity index (χ4n) is 2.15. The van der Waals surface area contributed by atoms with Crippen LogP contribution in [0.3, 0.4) is 0 Å². The number of hydrogen-bond acceptors (Lipinski definition) is 3. The highest BCUT2D eigenvalue weighted by Gasteiger charge is 2.34. The number of methoxy groups -OCH3 is 1. The van der Waals surface area contributed by atoms with Gasteiger partial charge in [0.2, 0.25) is 0 Å². The molecular weight excluding hydrogens is 216 g/mol. The summed E-state index contributed by atoms with van der Waals surface area (Å²) < 4.78 is 7.42. The number of carbonyl (C=O) groups is 1. The number of aromatic nitrogens is 2. The van der Waals surface area contributed by atoms with Crippen LogP contribution in [0, 0.1) is 0 Å². The summed E-state index contributed by atoms with van der Waals surface area (Å²) in [6.07, 6.45) is 5.38. The summed E-state index contributed by atoms with van der Waals surface area (Å²) in [4.78, 5) is 16.5. The van der Waals surface area contributed by atoms with Gasteiger partial charge in [-0.3, -0.25) is 4.79 Å². The maximum absolute atomic E-state index is 12.3. The molecule has 0 aliphatic heterocycles. The summed E-state index contributed by atoms with van der Waals surface area (Å²) in [6, 6.07) is 0. The van der Waals surface area contributed by atoms with E-state index in [0.717, 1.165) is 12.4 Å². The number of Topliss-reactive ketones (excluding diaryl/α,β-unsaturated/α-hetero) is 1. The minimum absolute atomic E-state index is 0.117. The highest BCUT2D eigenvalue weighted by atomic mass is 16.5. The van der Waals surface area contributed by atoms with Crippen LogP contribution < -0.4 is 0 Å². The van der Waals surface area contributed by atoms with Crippen molar-refractivity contribution in [2.24, 2.45) is 0 Å². The highest BCUT2D eigenvalue weighted by Crippen LogP contribution is 2.22. The Morgan fingerprint density at radius 1 is 1.41 bits per heavy atom. The first kappa shape index (κ1) is 13.9. The van der Waals surface area contributed by atoms with Crippen LogP contribution in [0.1, 0.15) is 39.4 Å². The van der Waals surface area contributed by atoms with Gasteiger partial charge in [-0.1, -0.05) is 13.8 Å². The van der Waals surface area contributed by atoms with E-state index in [2.05, 4.69) is 4.98 Å². The van der Waals surface area contributed by atoms with Gasteiger partial charge >= 0.3 is 0 Å². The van der Waals surface area contributed by atoms with Crippen molar-refractivity contribution < 1.29 is 9.53 Å². The van der Waals surface area contributed by atoms with E-state index < -0.39 is 5.60 Å². The van der Waals surface area contributed by atoms with E-state index in [1.54, 1.807) is 13.3 Å². The quantitative estimate of drug-likeness (QED) is 0.731. The fraction of sp³-hybridized carbons (Fsp3) is 0.692. The second-order valence-corrected chi connectivity index (χ2v) is 4.13. The topological polar surface area (TPSA) is 44.1 Å². The van der Waals surface area contributed by atoms with Crippen molar-refractivity contribution in [3.63, 3.8) is 0 Å². The Hall–Kier alpha value is -1.16. The first-order chi connectivity index (χ1) is 8.13. The number of hydrogen-bond donors (Lipinski definition) is 0. The average Bonchev–Trinajstić information content (AvgIpc) is 2.79. The maximum Gasteiger partial charge on any atom is 0.172 e. The molecule has 1 rings (SSSR count). The predicted octanol–water partition coefficient (Wildman–Crippen LogP) is 2.22. The molecule has 4 heteroatoms. The predicted molar refractivity (Wildman–Crippen MR) is 66.9 cm³/mol. The molecule has 17 heavy (non-hydrogen) atoms. The number of rotatable bonds is 7. The Kier molecular flexibility index (Phi) is 4.87. The second kappa shape index (κ2) is 5.96. The zero-order valence-corrected chi connectivity index (χ0v) is 11.2. The SMILES string of the molecule is CCn1ccnc1CC(=O)C(CC)(CC)OC. The van der Waals surface area contributed by atoms with Crippen LogP contribution in [-0.2, 0) is 22.5 Å². The third kappa shape index (κ3) is 2.75. The molecule has 0 spiro atoms. The molecule has 4 nitrogen and oxygen atoms in total. The molecule has 0 saturated heterocycles. The normalized spacial score (nSPS) is 11.8. The molecule has 0 amide bonds. The second-order valence-electron chi connectivity index (χ2n) is 4.13. The van der Waals surface area contributed by atoms with Crippen molar-refractivity contribution in [2.45, 2.75) is 52.2 Å². The molecule has 0 saturated carbocycles. The van der Waals surface area contributed by atoms with Gasteiger partial charge in [-0.05, 0) is 19.8 Å². The highest BCUT2D eigenvalue weighted by molar-refractivity contribution is 5.88. The Morgan fingerprint density at radius 3 is 2.53 bits per heavy atom. The van der Waals surface area contributed by atoms with Crippen LogP contribution in [0.2, 0.25) is 0 Å². The molecule has 1 heterocycles. The Balaban J connectivity index is 2.84. The van der Waals surface area contributed by atoms with Crippen LogP contribution in [0.4, 0.5) is 0 Å². The number of aryl methyl sites for hydroxylation is 1. The number of ketones is 1. The molecule has 0 aromatic carbocycles. The zero-order chi connectivity index (χ0) is 12.9. The first-order valence-corrected chi connectivity index (χ1v) is 6.22. The Labute approximate surface area is 103 Å². The van der Waals surface area contributed by atoms with Gasteiger partial charge in [0.25, 0.3) is 0 Å². The van der Waals surface area contributed by atoms with E-state index in [-0.39, 0.29) is 5.78 Å². The molecule has 0 fully saturated rings. The van der Waals surface area contributed by atoms with Crippen molar-refractivity contribution >= 4 is 5.78 Å². The molecule has 0 N–H and O–H groups in total. The molecule has 0 aliphatic rings. The monoisotopic (exact) mass is 238 g/mol. The smallest absolute Gasteiger partial charge is 0.172 e. The Bertz CT molecular complexity index is 359. The summed E-state index contributed by atoms with van der Waals surface area (Å²) in [5.41, 5.74) is -0.648. The van der Waals surface area contributed by atoms with Gasteiger partial charge < -0.3 is 9.30 Å². The van der Waals surface area contributed by atoms with Crippen LogP contribution in [0.15, 0.2) is 12.4 Å². The summed E-state index contributed by atoms with van der Waals surface area (Å²) in [7, 11) is 1.61. The van der Waals surface area contributed by atoms with Crippen molar-refractivity contribution in [2.75, 3.05) is 7.11 Å². The van der Waals surface area contributed by atoms with E-state index in [4.69, 9.17) is 4.74 Å². The fourth-order valence-corrected chi connectivity index (χ4v) is 2.15. The lowest BCUT2D eigenvalue weighted by Gasteiger charge is -2.28. The van der Waals surface area contributed by atoms with E-state index >= 15 is 0 Å². The third-order valence-electron chi connectivity index (χ3n) is 3.50. The summed E-state index contributed by atoms with van der Waals surface area (Å²) in [5, 5.41) is 0. The number of ether oxygens (including phenoxy) is 1. The van der Waals surface area contributed by atoms with Gasteiger partial charge in [0.1, 0.15) is 11.4 Å². The largest absolute Gasteiger partial charge is 0.370 e. The molecular formula is C13H22N2O2. The zero-order valence-electron chi connectivity index (χ0n) is 11.2. The molecule has 1 aromatic rings. The third-order valence-corrected chi connectivity index (χ3v) is 3.50. The molecule has 0 bridgehead atoms. The molecule has 0 aliphatic carbocycles. The Morgan fingerprint density at radius 2 is 2.06 bits per heavy atom. The van der Waals surface area contributed by atoms with Gasteiger partial charge in [-0.15, -0.1) is 0 Å². The number of imidazole rings is 1. The van der Waals surface area contributed by atoms with Gasteiger partial charge in [0.05, 0.1) is 6.42 Å². The van der Waals surface area contributed by atoms with Crippen molar-refractivity contribution in [3.05, 3.63) is 18.2 Å². The summed E-state index contributed by atoms with van der Waals surface area (Å²) in [6.45, 7) is 6.84. The van der Waals surface area contributed by atoms with Crippen molar-refractivity contribution in [1.82, 2.24) is 9.55 Å². The lowest BCUT2D eigenvalue weighted by molar-refractivity contribution is -0.141. The molecule has 96 valence electrons. The van der Waals surface area contributed by atoms with Crippen molar-refractivity contribution in [1.29, 1.82) is 0 Å². The summed E-state index contributed by atoms with van der Waals surface area (Å²) in [5.74, 6) is 0.937. The maximum atomic E-state index is 12.3. The standard InChI is InChI=1S/C13H22N2O2/c1-5-13(6-2,17-4)11(16)10-12-14-8-9-15(12)7-3/h8-9H,5-7,10H2,1-4H3. The van der Waals surface area contributed by atoms with Crippen molar-refractivity contribution in [3.8, 4) is 0 Å². The van der Waals surface area contributed by atoms with E-state index in [9.17, 15) is 4.79 Å². The minimum Gasteiger partial charge on any atom is -0.370 e. The molecule has 1 aromatic heterocycles. The average molecular weight is 238 g/mol. The minimum atomic E-state index is -0.648. The van der Waals surface area contributed by atoms with Gasteiger partial charge in [0, 0.05) is 26.0 Å². The molecule has 0 unspecified atom stereocenters. The van der Waals surface area contributed by atoms with Crippen LogP contribution in [0.25, 0.3) is 0 Å². The van der Waals surface area contributed by atoms with E-state index in [1.807, 2.05) is 31.5 Å².